The Balaban J connectivity index is 2.36. The van der Waals surface area contributed by atoms with Crippen LogP contribution in [-0.2, 0) is 11.3 Å². The Labute approximate surface area is 114 Å². The molecule has 18 heavy (non-hydrogen) atoms. The van der Waals surface area contributed by atoms with Gasteiger partial charge in [0.1, 0.15) is 28.0 Å². The van der Waals surface area contributed by atoms with Crippen LogP contribution in [-0.4, -0.2) is 16.6 Å². The van der Waals surface area contributed by atoms with Gasteiger partial charge in [-0.2, -0.15) is 5.26 Å². The van der Waals surface area contributed by atoms with Crippen LogP contribution in [0.5, 0.6) is 0 Å². The van der Waals surface area contributed by atoms with Gasteiger partial charge in [0.15, 0.2) is 0 Å². The van der Waals surface area contributed by atoms with Gasteiger partial charge in [-0.3, -0.25) is 0 Å². The van der Waals surface area contributed by atoms with E-state index in [1.54, 1.807) is 12.1 Å². The van der Waals surface area contributed by atoms with Crippen molar-refractivity contribution in [3.05, 3.63) is 33.5 Å². The molecule has 4 nitrogen and oxygen atoms in total. The molecule has 0 aromatic carbocycles. The molecule has 0 unspecified atom stereocenters. The second-order valence-corrected chi connectivity index (χ2v) is 4.99. The number of thiophene rings is 1. The van der Waals surface area contributed by atoms with E-state index < -0.39 is 0 Å². The summed E-state index contributed by atoms with van der Waals surface area (Å²) < 4.78 is 5.82. The first-order chi connectivity index (χ1) is 8.72. The van der Waals surface area contributed by atoms with Gasteiger partial charge in [0, 0.05) is 6.61 Å². The first-order valence-electron chi connectivity index (χ1n) is 5.41. The van der Waals surface area contributed by atoms with E-state index in [4.69, 9.17) is 22.2 Å². The summed E-state index contributed by atoms with van der Waals surface area (Å²) in [6.45, 7) is 2.96. The van der Waals surface area contributed by atoms with Gasteiger partial charge in [-0.05, 0) is 25.1 Å². The molecule has 0 aliphatic heterocycles. The number of nitrogens with one attached hydrogen (secondary N) is 1. The van der Waals surface area contributed by atoms with Crippen molar-refractivity contribution < 1.29 is 4.74 Å². The predicted molar refractivity (Wildman–Crippen MR) is 72.8 cm³/mol. The van der Waals surface area contributed by atoms with Crippen molar-refractivity contribution in [3.8, 4) is 16.6 Å². The number of rotatable bonds is 4. The average Bonchev–Trinajstić information content (AvgIpc) is 2.84. The van der Waals surface area contributed by atoms with Crippen LogP contribution in [0.2, 0.25) is 0 Å². The molecule has 6 heteroatoms. The minimum atomic E-state index is 0.407. The maximum Gasteiger partial charge on any atom is 0.134 e. The molecule has 2 heterocycles. The summed E-state index contributed by atoms with van der Waals surface area (Å²) in [5.41, 5.74) is 0.871. The first-order valence-corrected chi connectivity index (χ1v) is 6.63. The van der Waals surface area contributed by atoms with Crippen LogP contribution in [0.25, 0.3) is 10.6 Å². The SMILES string of the molecule is CCOCc1nc(=S)cc(-c2ccc(C#N)s2)[nH]1. The standard InChI is InChI=1S/C12H11N3OS2/c1-2-16-7-11-14-9(5-12(17)15-11)10-4-3-8(6-13)18-10/h3-5H,2,7H2,1H3,(H,14,15,17). The fraction of sp³-hybridized carbons (Fsp3) is 0.250. The van der Waals surface area contributed by atoms with Crippen LogP contribution < -0.4 is 0 Å². The van der Waals surface area contributed by atoms with Crippen LogP contribution in [0.1, 0.15) is 17.6 Å². The summed E-state index contributed by atoms with van der Waals surface area (Å²) in [6.07, 6.45) is 0. The lowest BCUT2D eigenvalue weighted by Crippen LogP contribution is -2.00. The highest BCUT2D eigenvalue weighted by Crippen LogP contribution is 2.26. The van der Waals surface area contributed by atoms with Gasteiger partial charge in [0.2, 0.25) is 0 Å². The highest BCUT2D eigenvalue weighted by molar-refractivity contribution is 7.71. The molecule has 0 saturated heterocycles. The molecule has 0 spiro atoms. The quantitative estimate of drug-likeness (QED) is 0.871. The molecule has 0 radical (unpaired) electrons. The highest BCUT2D eigenvalue weighted by Gasteiger charge is 2.05. The van der Waals surface area contributed by atoms with E-state index >= 15 is 0 Å². The fourth-order valence-corrected chi connectivity index (χ4v) is 2.45. The number of H-pyrrole nitrogens is 1. The number of nitrogens with zero attached hydrogens (tertiary/aromatic N) is 2. The molecule has 0 aliphatic carbocycles. The number of aromatic amines is 1. The van der Waals surface area contributed by atoms with Crippen LogP contribution in [0.15, 0.2) is 18.2 Å². The molecule has 0 atom stereocenters. The van der Waals surface area contributed by atoms with Crippen molar-refractivity contribution >= 4 is 23.6 Å². The summed E-state index contributed by atoms with van der Waals surface area (Å²) in [5.74, 6) is 0.700. The second-order valence-electron chi connectivity index (χ2n) is 3.49. The summed E-state index contributed by atoms with van der Waals surface area (Å²) in [4.78, 5) is 9.01. The van der Waals surface area contributed by atoms with Gasteiger partial charge in [-0.1, -0.05) is 12.2 Å². The zero-order chi connectivity index (χ0) is 13.0. The molecule has 2 aromatic heterocycles. The molecule has 92 valence electrons. The Hall–Kier alpha value is -1.55. The average molecular weight is 277 g/mol. The third-order valence-electron chi connectivity index (χ3n) is 2.22. The Kier molecular flexibility index (Phi) is 4.20. The van der Waals surface area contributed by atoms with Crippen molar-refractivity contribution in [2.24, 2.45) is 0 Å². The summed E-state index contributed by atoms with van der Waals surface area (Å²) in [7, 11) is 0. The monoisotopic (exact) mass is 277 g/mol. The third-order valence-corrected chi connectivity index (χ3v) is 3.45. The molecule has 0 amide bonds. The molecule has 1 N–H and O–H groups in total. The van der Waals surface area contributed by atoms with Crippen molar-refractivity contribution in [2.45, 2.75) is 13.5 Å². The van der Waals surface area contributed by atoms with Crippen molar-refractivity contribution in [1.29, 1.82) is 5.26 Å². The van der Waals surface area contributed by atoms with E-state index in [9.17, 15) is 0 Å². The van der Waals surface area contributed by atoms with Crippen LogP contribution in [0, 0.1) is 16.0 Å². The number of nitriles is 1. The van der Waals surface area contributed by atoms with E-state index in [1.807, 2.05) is 13.0 Å². The lowest BCUT2D eigenvalue weighted by atomic mass is 10.3. The predicted octanol–water partition coefficient (Wildman–Crippen LogP) is 3.28. The van der Waals surface area contributed by atoms with Gasteiger partial charge < -0.3 is 9.72 Å². The molecule has 2 rings (SSSR count). The van der Waals surface area contributed by atoms with Gasteiger partial charge in [0.25, 0.3) is 0 Å². The second kappa shape index (κ2) is 5.87. The number of hydrogen-bond acceptors (Lipinski definition) is 5. The number of ether oxygens (including phenoxy) is 1. The van der Waals surface area contributed by atoms with E-state index in [0.29, 0.717) is 28.6 Å². The summed E-state index contributed by atoms with van der Waals surface area (Å²) >= 11 is 6.55. The van der Waals surface area contributed by atoms with Crippen LogP contribution in [0.4, 0.5) is 0 Å². The molecule has 2 aromatic rings. The molecular formula is C12H11N3OS2. The van der Waals surface area contributed by atoms with E-state index in [1.165, 1.54) is 11.3 Å². The minimum Gasteiger partial charge on any atom is -0.374 e. The zero-order valence-corrected chi connectivity index (χ0v) is 11.4. The largest absolute Gasteiger partial charge is 0.374 e. The first kappa shape index (κ1) is 12.9. The lowest BCUT2D eigenvalue weighted by molar-refractivity contribution is 0.128. The van der Waals surface area contributed by atoms with Gasteiger partial charge in [-0.15, -0.1) is 11.3 Å². The Morgan fingerprint density at radius 3 is 3.06 bits per heavy atom. The molecule has 0 aliphatic rings. The topological polar surface area (TPSA) is 61.7 Å². The van der Waals surface area contributed by atoms with E-state index in [0.717, 1.165) is 10.6 Å². The minimum absolute atomic E-state index is 0.407. The maximum atomic E-state index is 8.82. The maximum absolute atomic E-state index is 8.82. The van der Waals surface area contributed by atoms with Crippen molar-refractivity contribution in [1.82, 2.24) is 9.97 Å². The van der Waals surface area contributed by atoms with E-state index in [-0.39, 0.29) is 0 Å². The smallest absolute Gasteiger partial charge is 0.134 e. The van der Waals surface area contributed by atoms with Gasteiger partial charge >= 0.3 is 0 Å². The fourth-order valence-electron chi connectivity index (χ4n) is 1.45. The number of aromatic nitrogens is 2. The Bertz CT molecular complexity index is 639. The Morgan fingerprint density at radius 2 is 2.39 bits per heavy atom. The molecule has 0 fully saturated rings. The lowest BCUT2D eigenvalue weighted by Gasteiger charge is -2.04. The van der Waals surface area contributed by atoms with Crippen LogP contribution >= 0.6 is 23.6 Å². The molecule has 0 bridgehead atoms. The van der Waals surface area contributed by atoms with Crippen LogP contribution in [0.3, 0.4) is 0 Å². The normalized spacial score (nSPS) is 10.2. The summed E-state index contributed by atoms with van der Waals surface area (Å²) in [6, 6.07) is 7.60. The molecular weight excluding hydrogens is 266 g/mol. The van der Waals surface area contributed by atoms with Crippen molar-refractivity contribution in [2.75, 3.05) is 6.61 Å². The van der Waals surface area contributed by atoms with E-state index in [2.05, 4.69) is 16.0 Å². The zero-order valence-electron chi connectivity index (χ0n) is 9.77. The van der Waals surface area contributed by atoms with Gasteiger partial charge in [0.05, 0.1) is 10.6 Å². The summed E-state index contributed by atoms with van der Waals surface area (Å²) in [5, 5.41) is 8.82. The van der Waals surface area contributed by atoms with Crippen molar-refractivity contribution in [3.63, 3.8) is 0 Å². The number of hydrogen-bond donors (Lipinski definition) is 1. The van der Waals surface area contributed by atoms with Gasteiger partial charge in [-0.25, -0.2) is 4.98 Å². The molecule has 0 saturated carbocycles. The third kappa shape index (κ3) is 3.01. The Morgan fingerprint density at radius 1 is 1.56 bits per heavy atom. The highest BCUT2D eigenvalue weighted by atomic mass is 32.1.